The molecule has 2 unspecified atom stereocenters. The van der Waals surface area contributed by atoms with Gasteiger partial charge in [0.05, 0.1) is 12.1 Å². The van der Waals surface area contributed by atoms with Gasteiger partial charge in [0.25, 0.3) is 0 Å². The van der Waals surface area contributed by atoms with Crippen LogP contribution in [0.1, 0.15) is 30.0 Å². The van der Waals surface area contributed by atoms with Gasteiger partial charge in [-0.15, -0.1) is 0 Å². The molecule has 0 aromatic heterocycles. The molecule has 1 heterocycles. The van der Waals surface area contributed by atoms with Gasteiger partial charge in [0.15, 0.2) is 0 Å². The summed E-state index contributed by atoms with van der Waals surface area (Å²) in [5.74, 6) is 0. The molecule has 0 bridgehead atoms. The average Bonchev–Trinajstić information content (AvgIpc) is 2.29. The van der Waals surface area contributed by atoms with E-state index >= 15 is 0 Å². The topological polar surface area (TPSA) is 49.5 Å². The van der Waals surface area contributed by atoms with E-state index in [2.05, 4.69) is 24.1 Å². The number of likely N-dealkylation sites (tertiary alicyclic amines) is 1. The Kier molecular flexibility index (Phi) is 3.59. The van der Waals surface area contributed by atoms with Gasteiger partial charge < -0.3 is 10.8 Å². The number of nitrogens with two attached hydrogens (primary N) is 1. The first kappa shape index (κ1) is 11.6. The molecule has 2 rings (SSSR count). The molecule has 1 aromatic rings. The van der Waals surface area contributed by atoms with Crippen LogP contribution in [0, 0.1) is 0 Å². The average molecular weight is 220 g/mol. The number of rotatable bonds is 2. The van der Waals surface area contributed by atoms with Crippen LogP contribution in [0.2, 0.25) is 0 Å². The van der Waals surface area contributed by atoms with Gasteiger partial charge in [-0.25, -0.2) is 0 Å². The molecular formula is C13H20N2O. The first-order chi connectivity index (χ1) is 7.72. The number of hydrogen-bond donors (Lipinski definition) is 2. The van der Waals surface area contributed by atoms with Crippen molar-refractivity contribution >= 4 is 0 Å². The number of nitrogens with zero attached hydrogens (tertiary/aromatic N) is 1. The van der Waals surface area contributed by atoms with Crippen LogP contribution in [0.25, 0.3) is 0 Å². The maximum atomic E-state index is 10.1. The highest BCUT2D eigenvalue weighted by Crippen LogP contribution is 2.30. The zero-order chi connectivity index (χ0) is 11.5. The van der Waals surface area contributed by atoms with Crippen molar-refractivity contribution in [2.45, 2.75) is 31.5 Å². The Balaban J connectivity index is 2.26. The van der Waals surface area contributed by atoms with E-state index in [1.807, 2.05) is 12.1 Å². The molecule has 1 aromatic carbocycles. The standard InChI is InChI=1S/C13H20N2O/c1-15-7-3-6-12(16)13(15)11-5-2-4-10(8-11)9-14/h2,4-5,8,12-13,16H,3,6-7,9,14H2,1H3. The van der Waals surface area contributed by atoms with Crippen LogP contribution in [-0.4, -0.2) is 29.7 Å². The summed E-state index contributed by atoms with van der Waals surface area (Å²) >= 11 is 0. The zero-order valence-electron chi connectivity index (χ0n) is 9.76. The quantitative estimate of drug-likeness (QED) is 0.789. The molecule has 0 aliphatic carbocycles. The molecule has 1 aliphatic rings. The van der Waals surface area contributed by atoms with E-state index in [0.29, 0.717) is 6.54 Å². The highest BCUT2D eigenvalue weighted by molar-refractivity contribution is 5.27. The Morgan fingerprint density at radius 2 is 2.31 bits per heavy atom. The molecule has 1 fully saturated rings. The Hall–Kier alpha value is -0.900. The lowest BCUT2D eigenvalue weighted by molar-refractivity contribution is 0.0241. The van der Waals surface area contributed by atoms with E-state index in [-0.39, 0.29) is 12.1 Å². The summed E-state index contributed by atoms with van der Waals surface area (Å²) in [5.41, 5.74) is 7.95. The lowest BCUT2D eigenvalue weighted by Gasteiger charge is -2.37. The van der Waals surface area contributed by atoms with Crippen LogP contribution in [0.5, 0.6) is 0 Å². The van der Waals surface area contributed by atoms with E-state index in [1.54, 1.807) is 0 Å². The van der Waals surface area contributed by atoms with Crippen molar-refractivity contribution in [1.82, 2.24) is 4.90 Å². The number of hydrogen-bond acceptors (Lipinski definition) is 3. The lowest BCUT2D eigenvalue weighted by Crippen LogP contribution is -2.39. The van der Waals surface area contributed by atoms with Crippen molar-refractivity contribution in [3.05, 3.63) is 35.4 Å². The summed E-state index contributed by atoms with van der Waals surface area (Å²) in [6, 6.07) is 8.36. The maximum absolute atomic E-state index is 10.1. The van der Waals surface area contributed by atoms with Crippen molar-refractivity contribution in [3.8, 4) is 0 Å². The molecule has 2 atom stereocenters. The first-order valence-corrected chi connectivity index (χ1v) is 5.89. The van der Waals surface area contributed by atoms with Crippen LogP contribution >= 0.6 is 0 Å². The van der Waals surface area contributed by atoms with Crippen LogP contribution in [0.4, 0.5) is 0 Å². The van der Waals surface area contributed by atoms with Crippen LogP contribution in [0.15, 0.2) is 24.3 Å². The van der Waals surface area contributed by atoms with Gasteiger partial charge in [0.1, 0.15) is 0 Å². The number of piperidine rings is 1. The van der Waals surface area contributed by atoms with Gasteiger partial charge in [-0.1, -0.05) is 24.3 Å². The Morgan fingerprint density at radius 3 is 3.00 bits per heavy atom. The monoisotopic (exact) mass is 220 g/mol. The fourth-order valence-electron chi connectivity index (χ4n) is 2.52. The van der Waals surface area contributed by atoms with Gasteiger partial charge in [-0.05, 0) is 37.6 Å². The molecule has 16 heavy (non-hydrogen) atoms. The molecule has 3 nitrogen and oxygen atoms in total. The molecule has 3 heteroatoms. The number of benzene rings is 1. The summed E-state index contributed by atoms with van der Waals surface area (Å²) in [7, 11) is 2.07. The molecule has 0 amide bonds. The van der Waals surface area contributed by atoms with Gasteiger partial charge in [0, 0.05) is 6.54 Å². The van der Waals surface area contributed by atoms with E-state index in [9.17, 15) is 5.11 Å². The third-order valence-electron chi connectivity index (χ3n) is 3.38. The molecule has 88 valence electrons. The lowest BCUT2D eigenvalue weighted by atomic mass is 9.92. The Labute approximate surface area is 96.9 Å². The SMILES string of the molecule is CN1CCCC(O)C1c1cccc(CN)c1. The van der Waals surface area contributed by atoms with Crippen LogP contribution < -0.4 is 5.73 Å². The molecule has 0 spiro atoms. The number of aliphatic hydroxyl groups is 1. The largest absolute Gasteiger partial charge is 0.391 e. The van der Waals surface area contributed by atoms with Crippen molar-refractivity contribution in [1.29, 1.82) is 0 Å². The second kappa shape index (κ2) is 4.95. The molecule has 1 saturated heterocycles. The second-order valence-corrected chi connectivity index (χ2v) is 4.58. The molecule has 3 N–H and O–H groups in total. The normalized spacial score (nSPS) is 26.9. The highest BCUT2D eigenvalue weighted by atomic mass is 16.3. The minimum absolute atomic E-state index is 0.125. The fourth-order valence-corrected chi connectivity index (χ4v) is 2.52. The van der Waals surface area contributed by atoms with Crippen LogP contribution in [-0.2, 0) is 6.54 Å². The molecule has 0 radical (unpaired) electrons. The predicted molar refractivity (Wildman–Crippen MR) is 64.9 cm³/mol. The summed E-state index contributed by atoms with van der Waals surface area (Å²) < 4.78 is 0. The fraction of sp³-hybridized carbons (Fsp3) is 0.538. The highest BCUT2D eigenvalue weighted by Gasteiger charge is 2.28. The smallest absolute Gasteiger partial charge is 0.0737 e. The van der Waals surface area contributed by atoms with Crippen molar-refractivity contribution < 1.29 is 5.11 Å². The summed E-state index contributed by atoms with van der Waals surface area (Å²) in [5, 5.41) is 10.1. The Bertz CT molecular complexity index is 344. The third kappa shape index (κ3) is 2.26. The predicted octanol–water partition coefficient (Wildman–Crippen LogP) is 1.27. The van der Waals surface area contributed by atoms with E-state index in [1.165, 1.54) is 5.56 Å². The van der Waals surface area contributed by atoms with Gasteiger partial charge in [-0.3, -0.25) is 4.90 Å². The van der Waals surface area contributed by atoms with Gasteiger partial charge in [-0.2, -0.15) is 0 Å². The second-order valence-electron chi connectivity index (χ2n) is 4.58. The van der Waals surface area contributed by atoms with E-state index in [4.69, 9.17) is 5.73 Å². The van der Waals surface area contributed by atoms with Gasteiger partial charge >= 0.3 is 0 Å². The molecule has 1 aliphatic heterocycles. The number of likely N-dealkylation sites (N-methyl/N-ethyl adjacent to an activating group) is 1. The summed E-state index contributed by atoms with van der Waals surface area (Å²) in [4.78, 5) is 2.23. The molecule has 0 saturated carbocycles. The maximum Gasteiger partial charge on any atom is 0.0737 e. The first-order valence-electron chi connectivity index (χ1n) is 5.89. The minimum Gasteiger partial charge on any atom is -0.391 e. The van der Waals surface area contributed by atoms with E-state index in [0.717, 1.165) is 24.9 Å². The van der Waals surface area contributed by atoms with Crippen molar-refractivity contribution in [2.75, 3.05) is 13.6 Å². The number of aliphatic hydroxyl groups excluding tert-OH is 1. The summed E-state index contributed by atoms with van der Waals surface area (Å²) in [6.45, 7) is 1.61. The zero-order valence-corrected chi connectivity index (χ0v) is 9.76. The summed E-state index contributed by atoms with van der Waals surface area (Å²) in [6.07, 6.45) is 1.71. The minimum atomic E-state index is -0.258. The van der Waals surface area contributed by atoms with Crippen molar-refractivity contribution in [2.24, 2.45) is 5.73 Å². The van der Waals surface area contributed by atoms with Crippen molar-refractivity contribution in [3.63, 3.8) is 0 Å². The third-order valence-corrected chi connectivity index (χ3v) is 3.38. The Morgan fingerprint density at radius 1 is 1.50 bits per heavy atom. The van der Waals surface area contributed by atoms with Crippen LogP contribution in [0.3, 0.4) is 0 Å². The van der Waals surface area contributed by atoms with Gasteiger partial charge in [0.2, 0.25) is 0 Å². The molecular weight excluding hydrogens is 200 g/mol. The van der Waals surface area contributed by atoms with E-state index < -0.39 is 0 Å².